The molecular weight excluding hydrogens is 328 g/mol. The fourth-order valence-corrected chi connectivity index (χ4v) is 4.40. The lowest BCUT2D eigenvalue weighted by Gasteiger charge is -2.36. The zero-order valence-corrected chi connectivity index (χ0v) is 15.2. The largest absolute Gasteiger partial charge is 0.481 e. The van der Waals surface area contributed by atoms with E-state index >= 15 is 0 Å². The van der Waals surface area contributed by atoms with E-state index in [-0.39, 0.29) is 11.8 Å². The summed E-state index contributed by atoms with van der Waals surface area (Å²) in [7, 11) is 0. The second-order valence-electron chi connectivity index (χ2n) is 7.64. The van der Waals surface area contributed by atoms with Gasteiger partial charge in [-0.05, 0) is 50.0 Å². The van der Waals surface area contributed by atoms with Crippen LogP contribution in [0.15, 0.2) is 30.3 Å². The summed E-state index contributed by atoms with van der Waals surface area (Å²) in [6, 6.07) is 12.9. The summed E-state index contributed by atoms with van der Waals surface area (Å²) in [5.41, 5.74) is 0.707. The SMILES string of the molecule is N#CC1(c2ccccc2)CCC(NCC(C(=O)O)C2CCOCC2)CC1. The first kappa shape index (κ1) is 18.9. The topological polar surface area (TPSA) is 82.4 Å². The zero-order chi connectivity index (χ0) is 18.4. The fraction of sp³-hybridized carbons (Fsp3) is 0.619. The van der Waals surface area contributed by atoms with Crippen molar-refractivity contribution in [3.63, 3.8) is 0 Å². The normalized spacial score (nSPS) is 28.2. The van der Waals surface area contributed by atoms with Gasteiger partial charge < -0.3 is 15.2 Å². The van der Waals surface area contributed by atoms with Crippen molar-refractivity contribution in [3.05, 3.63) is 35.9 Å². The highest BCUT2D eigenvalue weighted by Gasteiger charge is 2.37. The van der Waals surface area contributed by atoms with Gasteiger partial charge in [-0.2, -0.15) is 5.26 Å². The molecule has 0 spiro atoms. The highest BCUT2D eigenvalue weighted by molar-refractivity contribution is 5.70. The molecule has 1 saturated carbocycles. The van der Waals surface area contributed by atoms with Crippen molar-refractivity contribution in [1.82, 2.24) is 5.32 Å². The molecule has 3 rings (SSSR count). The molecule has 26 heavy (non-hydrogen) atoms. The number of carboxylic acids is 1. The van der Waals surface area contributed by atoms with Crippen LogP contribution in [-0.2, 0) is 14.9 Å². The van der Waals surface area contributed by atoms with Crippen LogP contribution in [0.4, 0.5) is 0 Å². The number of carbonyl (C=O) groups is 1. The minimum atomic E-state index is -0.712. The lowest BCUT2D eigenvalue weighted by Crippen LogP contribution is -2.44. The molecule has 5 nitrogen and oxygen atoms in total. The number of nitriles is 1. The van der Waals surface area contributed by atoms with Crippen LogP contribution >= 0.6 is 0 Å². The maximum Gasteiger partial charge on any atom is 0.308 e. The van der Waals surface area contributed by atoms with Crippen LogP contribution in [0, 0.1) is 23.2 Å². The number of ether oxygens (including phenoxy) is 1. The van der Waals surface area contributed by atoms with Crippen molar-refractivity contribution in [2.75, 3.05) is 19.8 Å². The number of rotatable bonds is 6. The van der Waals surface area contributed by atoms with E-state index in [1.54, 1.807) is 0 Å². The summed E-state index contributed by atoms with van der Waals surface area (Å²) in [5, 5.41) is 22.9. The van der Waals surface area contributed by atoms with Crippen molar-refractivity contribution in [2.24, 2.45) is 11.8 Å². The highest BCUT2D eigenvalue weighted by Crippen LogP contribution is 2.39. The van der Waals surface area contributed by atoms with Crippen LogP contribution in [-0.4, -0.2) is 36.9 Å². The van der Waals surface area contributed by atoms with E-state index in [2.05, 4.69) is 11.4 Å². The number of carboxylic acid groups (broad SMARTS) is 1. The van der Waals surface area contributed by atoms with Crippen LogP contribution in [0.1, 0.15) is 44.1 Å². The minimum Gasteiger partial charge on any atom is -0.481 e. The Balaban J connectivity index is 1.54. The van der Waals surface area contributed by atoms with Crippen LogP contribution in [0.3, 0.4) is 0 Å². The second-order valence-corrected chi connectivity index (χ2v) is 7.64. The second kappa shape index (κ2) is 8.66. The summed E-state index contributed by atoms with van der Waals surface area (Å²) in [6.07, 6.45) is 5.11. The molecule has 0 radical (unpaired) electrons. The van der Waals surface area contributed by atoms with Crippen LogP contribution in [0.2, 0.25) is 0 Å². The molecule has 1 unspecified atom stereocenters. The molecular formula is C21H28N2O3. The van der Waals surface area contributed by atoms with E-state index < -0.39 is 11.4 Å². The number of nitrogens with one attached hydrogen (secondary N) is 1. The van der Waals surface area contributed by atoms with Crippen molar-refractivity contribution in [3.8, 4) is 6.07 Å². The molecule has 1 heterocycles. The third-order valence-corrected chi connectivity index (χ3v) is 6.16. The molecule has 0 amide bonds. The maximum absolute atomic E-state index is 11.7. The van der Waals surface area contributed by atoms with Crippen molar-refractivity contribution in [2.45, 2.75) is 50.0 Å². The highest BCUT2D eigenvalue weighted by atomic mass is 16.5. The van der Waals surface area contributed by atoms with Gasteiger partial charge in [0.25, 0.3) is 0 Å². The van der Waals surface area contributed by atoms with E-state index in [1.807, 2.05) is 30.3 Å². The van der Waals surface area contributed by atoms with Gasteiger partial charge in [-0.1, -0.05) is 30.3 Å². The first-order valence-electron chi connectivity index (χ1n) is 9.65. The lowest BCUT2D eigenvalue weighted by molar-refractivity contribution is -0.144. The average molecular weight is 356 g/mol. The predicted octanol–water partition coefficient (Wildman–Crippen LogP) is 3.11. The standard InChI is InChI=1S/C21H28N2O3/c22-15-21(17-4-2-1-3-5-17)10-6-18(7-11-21)23-14-19(20(24)25)16-8-12-26-13-9-16/h1-5,16,18-19,23H,6-14H2,(H,24,25). The van der Waals surface area contributed by atoms with Gasteiger partial charge in [0.1, 0.15) is 0 Å². The molecule has 2 N–H and O–H groups in total. The van der Waals surface area contributed by atoms with Gasteiger partial charge in [0.05, 0.1) is 17.4 Å². The number of nitrogens with zero attached hydrogens (tertiary/aromatic N) is 1. The lowest BCUT2D eigenvalue weighted by atomic mass is 9.69. The number of hydrogen-bond acceptors (Lipinski definition) is 4. The van der Waals surface area contributed by atoms with Crippen molar-refractivity contribution >= 4 is 5.97 Å². The summed E-state index contributed by atoms with van der Waals surface area (Å²) in [5.74, 6) is -0.869. The van der Waals surface area contributed by atoms with E-state index in [4.69, 9.17) is 4.74 Å². The molecule has 2 aliphatic rings. The van der Waals surface area contributed by atoms with E-state index in [9.17, 15) is 15.2 Å². The summed E-state index contributed by atoms with van der Waals surface area (Å²) in [4.78, 5) is 11.7. The number of hydrogen-bond donors (Lipinski definition) is 2. The Labute approximate surface area is 155 Å². The van der Waals surface area contributed by atoms with Gasteiger partial charge in [-0.3, -0.25) is 4.79 Å². The molecule has 0 aromatic heterocycles. The molecule has 1 aromatic rings. The molecule has 1 saturated heterocycles. The molecule has 1 atom stereocenters. The van der Waals surface area contributed by atoms with Gasteiger partial charge in [0, 0.05) is 25.8 Å². The van der Waals surface area contributed by atoms with Gasteiger partial charge in [-0.15, -0.1) is 0 Å². The molecule has 1 aliphatic carbocycles. The van der Waals surface area contributed by atoms with Gasteiger partial charge in [0.2, 0.25) is 0 Å². The Morgan fingerprint density at radius 2 is 1.88 bits per heavy atom. The molecule has 5 heteroatoms. The number of benzene rings is 1. The Morgan fingerprint density at radius 3 is 2.46 bits per heavy atom. The maximum atomic E-state index is 11.7. The van der Waals surface area contributed by atoms with E-state index in [1.165, 1.54) is 0 Å². The van der Waals surface area contributed by atoms with Crippen LogP contribution < -0.4 is 5.32 Å². The molecule has 0 bridgehead atoms. The quantitative estimate of drug-likeness (QED) is 0.818. The molecule has 1 aliphatic heterocycles. The van der Waals surface area contributed by atoms with Gasteiger partial charge >= 0.3 is 5.97 Å². The Kier molecular flexibility index (Phi) is 6.29. The molecule has 140 valence electrons. The average Bonchev–Trinajstić information content (AvgIpc) is 2.70. The third-order valence-electron chi connectivity index (χ3n) is 6.16. The predicted molar refractivity (Wildman–Crippen MR) is 98.7 cm³/mol. The summed E-state index contributed by atoms with van der Waals surface area (Å²) in [6.45, 7) is 1.84. The third kappa shape index (κ3) is 4.25. The van der Waals surface area contributed by atoms with Crippen molar-refractivity contribution < 1.29 is 14.6 Å². The van der Waals surface area contributed by atoms with Crippen LogP contribution in [0.25, 0.3) is 0 Å². The number of aliphatic carboxylic acids is 1. The Hall–Kier alpha value is -1.90. The zero-order valence-electron chi connectivity index (χ0n) is 15.2. The summed E-state index contributed by atoms with van der Waals surface area (Å²) < 4.78 is 5.36. The first-order chi connectivity index (χ1) is 12.6. The Bertz CT molecular complexity index is 626. The van der Waals surface area contributed by atoms with Gasteiger partial charge in [0.15, 0.2) is 0 Å². The molecule has 1 aromatic carbocycles. The van der Waals surface area contributed by atoms with Crippen LogP contribution in [0.5, 0.6) is 0 Å². The first-order valence-corrected chi connectivity index (χ1v) is 9.65. The fourth-order valence-electron chi connectivity index (χ4n) is 4.40. The van der Waals surface area contributed by atoms with Crippen molar-refractivity contribution in [1.29, 1.82) is 5.26 Å². The van der Waals surface area contributed by atoms with E-state index in [0.29, 0.717) is 25.8 Å². The van der Waals surface area contributed by atoms with Gasteiger partial charge in [-0.25, -0.2) is 0 Å². The monoisotopic (exact) mass is 356 g/mol. The smallest absolute Gasteiger partial charge is 0.308 e. The minimum absolute atomic E-state index is 0.194. The molecule has 2 fully saturated rings. The summed E-state index contributed by atoms with van der Waals surface area (Å²) >= 11 is 0. The van der Waals surface area contributed by atoms with E-state index in [0.717, 1.165) is 44.1 Å². The Morgan fingerprint density at radius 1 is 1.23 bits per heavy atom.